The Morgan fingerprint density at radius 1 is 1.00 bits per heavy atom. The molecule has 0 radical (unpaired) electrons. The number of imidazole rings is 1. The Hall–Kier alpha value is -5.00. The van der Waals surface area contributed by atoms with E-state index in [4.69, 9.17) is 4.74 Å². The highest BCUT2D eigenvalue weighted by Gasteiger charge is 2.32. The molecular weight excluding hydrogens is 517 g/mol. The van der Waals surface area contributed by atoms with Crippen molar-refractivity contribution >= 4 is 22.4 Å². The number of aromatic amines is 1. The molecule has 0 saturated carbocycles. The van der Waals surface area contributed by atoms with Gasteiger partial charge in [-0.3, -0.25) is 9.69 Å². The van der Waals surface area contributed by atoms with Gasteiger partial charge in [0.2, 0.25) is 5.91 Å². The molecule has 7 nitrogen and oxygen atoms in total. The van der Waals surface area contributed by atoms with Crippen molar-refractivity contribution in [3.63, 3.8) is 0 Å². The summed E-state index contributed by atoms with van der Waals surface area (Å²) in [6.45, 7) is 1.80. The Morgan fingerprint density at radius 3 is 2.66 bits per heavy atom. The van der Waals surface area contributed by atoms with Crippen molar-refractivity contribution in [1.29, 1.82) is 5.26 Å². The lowest BCUT2D eigenvalue weighted by Gasteiger charge is -2.39. The summed E-state index contributed by atoms with van der Waals surface area (Å²) < 4.78 is 20.0. The molecule has 0 spiro atoms. The molecule has 1 unspecified atom stereocenters. The first kappa shape index (κ1) is 26.2. The lowest BCUT2D eigenvalue weighted by atomic mass is 9.99. The number of rotatable bonds is 8. The third kappa shape index (κ3) is 5.67. The van der Waals surface area contributed by atoms with Crippen molar-refractivity contribution < 1.29 is 13.9 Å². The maximum atomic E-state index is 13.9. The molecule has 4 aromatic carbocycles. The highest BCUT2D eigenvalue weighted by molar-refractivity contribution is 6.05. The van der Waals surface area contributed by atoms with Gasteiger partial charge in [-0.05, 0) is 53.3 Å². The number of hydrogen-bond acceptors (Lipinski definition) is 5. The van der Waals surface area contributed by atoms with E-state index in [2.05, 4.69) is 14.9 Å². The highest BCUT2D eigenvalue weighted by Crippen LogP contribution is 2.33. The van der Waals surface area contributed by atoms with E-state index < -0.39 is 5.82 Å². The van der Waals surface area contributed by atoms with Gasteiger partial charge in [-0.25, -0.2) is 9.37 Å². The maximum absolute atomic E-state index is 13.9. The number of aromatic nitrogens is 2. The van der Waals surface area contributed by atoms with Gasteiger partial charge < -0.3 is 14.6 Å². The molecule has 1 atom stereocenters. The Labute approximate surface area is 237 Å². The molecule has 0 aliphatic carbocycles. The topological polar surface area (TPSA) is 85.2 Å². The second-order valence-corrected chi connectivity index (χ2v) is 10.1. The fourth-order valence-electron chi connectivity index (χ4n) is 5.41. The number of carbonyl (C=O) groups is 1. The van der Waals surface area contributed by atoms with Crippen molar-refractivity contribution in [2.75, 3.05) is 24.5 Å². The van der Waals surface area contributed by atoms with Gasteiger partial charge in [0.05, 0.1) is 35.9 Å². The summed E-state index contributed by atoms with van der Waals surface area (Å²) in [5.74, 6) is 0.192. The molecule has 1 fully saturated rings. The van der Waals surface area contributed by atoms with Crippen LogP contribution in [-0.4, -0.2) is 40.4 Å². The minimum atomic E-state index is -0.540. The standard InChI is InChI=1S/C33H28FN5O2/c34-29-12-9-24(15-26(29)18-35)16-32(30-19-36-22-37-30)38-13-14-39(33(40)20-38)31-8-4-7-25-10-11-27(17-28(25)31)41-21-23-5-2-1-3-6-23/h1-12,15,17,19,22,32H,13-14,16,20-21H2,(H,36,37). The SMILES string of the molecule is N#Cc1cc(CC(c2cnc[nH]2)N2CCN(c3cccc4ccc(OCc5ccccc5)cc34)C(=O)C2)ccc1F. The van der Waals surface area contributed by atoms with Crippen molar-refractivity contribution in [3.8, 4) is 11.8 Å². The zero-order chi connectivity index (χ0) is 28.2. The molecule has 1 saturated heterocycles. The van der Waals surface area contributed by atoms with Crippen molar-refractivity contribution in [2.24, 2.45) is 0 Å². The summed E-state index contributed by atoms with van der Waals surface area (Å²) in [5, 5.41) is 11.3. The van der Waals surface area contributed by atoms with Gasteiger partial charge in [0.1, 0.15) is 24.2 Å². The van der Waals surface area contributed by atoms with E-state index in [1.807, 2.05) is 77.7 Å². The molecule has 1 N–H and O–H groups in total. The summed E-state index contributed by atoms with van der Waals surface area (Å²) in [7, 11) is 0. The number of amides is 1. The normalized spacial score (nSPS) is 14.6. The quantitative estimate of drug-likeness (QED) is 0.267. The molecule has 204 valence electrons. The fraction of sp³-hybridized carbons (Fsp3) is 0.182. The number of anilines is 1. The molecule has 1 aliphatic rings. The van der Waals surface area contributed by atoms with Crippen LogP contribution in [0.25, 0.3) is 10.8 Å². The van der Waals surface area contributed by atoms with E-state index in [9.17, 15) is 14.4 Å². The minimum absolute atomic E-state index is 0.00910. The molecule has 1 aromatic heterocycles. The van der Waals surface area contributed by atoms with Crippen LogP contribution in [0.4, 0.5) is 10.1 Å². The van der Waals surface area contributed by atoms with Gasteiger partial charge >= 0.3 is 0 Å². The largest absolute Gasteiger partial charge is 0.489 e. The van der Waals surface area contributed by atoms with Crippen LogP contribution in [0.5, 0.6) is 5.75 Å². The maximum Gasteiger partial charge on any atom is 0.241 e. The second-order valence-electron chi connectivity index (χ2n) is 10.1. The summed E-state index contributed by atoms with van der Waals surface area (Å²) in [6, 6.07) is 28.3. The van der Waals surface area contributed by atoms with E-state index in [0.29, 0.717) is 26.1 Å². The van der Waals surface area contributed by atoms with Gasteiger partial charge in [-0.15, -0.1) is 0 Å². The number of H-pyrrole nitrogens is 1. The third-order valence-electron chi connectivity index (χ3n) is 7.52. The second kappa shape index (κ2) is 11.6. The molecule has 1 aliphatic heterocycles. The minimum Gasteiger partial charge on any atom is -0.489 e. The van der Waals surface area contributed by atoms with E-state index in [1.165, 1.54) is 6.07 Å². The van der Waals surface area contributed by atoms with Crippen LogP contribution >= 0.6 is 0 Å². The first-order valence-corrected chi connectivity index (χ1v) is 13.5. The number of ether oxygens (including phenoxy) is 1. The Morgan fingerprint density at radius 2 is 1.88 bits per heavy atom. The fourth-order valence-corrected chi connectivity index (χ4v) is 5.41. The number of piperazine rings is 1. The molecule has 6 rings (SSSR count). The third-order valence-corrected chi connectivity index (χ3v) is 7.52. The number of nitrogens with zero attached hydrogens (tertiary/aromatic N) is 4. The van der Waals surface area contributed by atoms with Gasteiger partial charge in [-0.1, -0.05) is 54.6 Å². The number of nitrogens with one attached hydrogen (secondary N) is 1. The predicted molar refractivity (Wildman–Crippen MR) is 155 cm³/mol. The first-order chi connectivity index (χ1) is 20.1. The van der Waals surface area contributed by atoms with Crippen LogP contribution in [0.1, 0.15) is 28.4 Å². The van der Waals surface area contributed by atoms with Crippen molar-refractivity contribution in [2.45, 2.75) is 19.1 Å². The van der Waals surface area contributed by atoms with Crippen molar-refractivity contribution in [3.05, 3.63) is 126 Å². The molecule has 5 aromatic rings. The number of fused-ring (bicyclic) bond motifs is 1. The molecule has 2 heterocycles. The van der Waals surface area contributed by atoms with E-state index in [0.717, 1.165) is 39.0 Å². The molecule has 0 bridgehead atoms. The lowest BCUT2D eigenvalue weighted by molar-refractivity contribution is -0.122. The van der Waals surface area contributed by atoms with E-state index >= 15 is 0 Å². The predicted octanol–water partition coefficient (Wildman–Crippen LogP) is 5.79. The van der Waals surface area contributed by atoms with Crippen molar-refractivity contribution in [1.82, 2.24) is 14.9 Å². The van der Waals surface area contributed by atoms with Gasteiger partial charge in [-0.2, -0.15) is 5.26 Å². The van der Waals surface area contributed by atoms with Gasteiger partial charge in [0.15, 0.2) is 0 Å². The average Bonchev–Trinajstić information content (AvgIpc) is 3.55. The molecular formula is C33H28FN5O2. The zero-order valence-electron chi connectivity index (χ0n) is 22.3. The lowest BCUT2D eigenvalue weighted by Crippen LogP contribution is -2.52. The average molecular weight is 546 g/mol. The number of benzene rings is 4. The summed E-state index contributed by atoms with van der Waals surface area (Å²) in [5.41, 5.74) is 3.62. The highest BCUT2D eigenvalue weighted by atomic mass is 19.1. The number of hydrogen-bond donors (Lipinski definition) is 1. The van der Waals surface area contributed by atoms with Crippen LogP contribution < -0.4 is 9.64 Å². The Kier molecular flexibility index (Phi) is 7.44. The van der Waals surface area contributed by atoms with Crippen LogP contribution in [-0.2, 0) is 17.8 Å². The number of carbonyl (C=O) groups excluding carboxylic acids is 1. The van der Waals surface area contributed by atoms with E-state index in [1.54, 1.807) is 24.7 Å². The smallest absolute Gasteiger partial charge is 0.241 e. The molecule has 1 amide bonds. The van der Waals surface area contributed by atoms with Gasteiger partial charge in [0, 0.05) is 24.7 Å². The Bertz CT molecular complexity index is 1720. The van der Waals surface area contributed by atoms with Crippen LogP contribution in [0.3, 0.4) is 0 Å². The van der Waals surface area contributed by atoms with Crippen LogP contribution in [0.15, 0.2) is 97.5 Å². The summed E-state index contributed by atoms with van der Waals surface area (Å²) in [6.07, 6.45) is 3.86. The first-order valence-electron chi connectivity index (χ1n) is 13.5. The summed E-state index contributed by atoms with van der Waals surface area (Å²) >= 11 is 0. The number of nitriles is 1. The zero-order valence-corrected chi connectivity index (χ0v) is 22.3. The monoisotopic (exact) mass is 545 g/mol. The molecule has 41 heavy (non-hydrogen) atoms. The van der Waals surface area contributed by atoms with Crippen LogP contribution in [0, 0.1) is 17.1 Å². The van der Waals surface area contributed by atoms with Crippen LogP contribution in [0.2, 0.25) is 0 Å². The number of halogens is 1. The summed E-state index contributed by atoms with van der Waals surface area (Å²) in [4.78, 5) is 25.0. The van der Waals surface area contributed by atoms with Gasteiger partial charge in [0.25, 0.3) is 0 Å². The Balaban J connectivity index is 1.22. The molecule has 8 heteroatoms. The van der Waals surface area contributed by atoms with E-state index in [-0.39, 0.29) is 24.1 Å².